The highest BCUT2D eigenvalue weighted by molar-refractivity contribution is 6.30. The van der Waals surface area contributed by atoms with Crippen molar-refractivity contribution in [2.24, 2.45) is 0 Å². The van der Waals surface area contributed by atoms with E-state index >= 15 is 0 Å². The third-order valence-electron chi connectivity index (χ3n) is 8.54. The average Bonchev–Trinajstić information content (AvgIpc) is 3.57. The number of nitrogens with one attached hydrogen (secondary N) is 2. The van der Waals surface area contributed by atoms with Crippen LogP contribution in [-0.2, 0) is 4.74 Å². The minimum atomic E-state index is -0.863. The minimum absolute atomic E-state index is 0.00898. The third-order valence-corrected chi connectivity index (χ3v) is 8.54. The number of aromatic hydroxyl groups is 1. The van der Waals surface area contributed by atoms with Crippen LogP contribution in [0.15, 0.2) is 30.0 Å². The first-order valence-electron chi connectivity index (χ1n) is 15.7. The number of fused-ring (bicyclic) bond motifs is 5. The van der Waals surface area contributed by atoms with Gasteiger partial charge in [0, 0.05) is 65.4 Å². The highest BCUT2D eigenvalue weighted by Crippen LogP contribution is 2.45. The summed E-state index contributed by atoms with van der Waals surface area (Å²) in [5.41, 5.74) is 5.20. The summed E-state index contributed by atoms with van der Waals surface area (Å²) in [5.74, 6) is -0.601. The molecule has 0 aliphatic carbocycles. The maximum atomic E-state index is 14.4. The zero-order chi connectivity index (χ0) is 34.0. The standard InChI is InChI=1S/C34H42N4O9/c1-4-6-19(43)11-26-23(7-5-2)29-25(17-42)31(34(46)37(3)36-18(14-39)15-40)30-24-9-8-20(44)12-27(24)38(33(30)32(29)35-26)28-13-21(45)10-22(16-41)47-28/h5,7-9,11-12,17-18,21-22,28,35-36,39-41,43-45H,4,6,10,13-16H2,1-3H3/b7-5-,19-11+. The molecule has 0 saturated carbocycles. The number of amides is 1. The second kappa shape index (κ2) is 14.3. The van der Waals surface area contributed by atoms with E-state index in [1.54, 1.807) is 35.8 Å². The summed E-state index contributed by atoms with van der Waals surface area (Å²) in [7, 11) is 1.42. The van der Waals surface area contributed by atoms with Gasteiger partial charge in [-0.2, -0.15) is 0 Å². The van der Waals surface area contributed by atoms with Crippen molar-refractivity contribution in [3.63, 3.8) is 0 Å². The van der Waals surface area contributed by atoms with Gasteiger partial charge in [-0.25, -0.2) is 5.43 Å². The molecular weight excluding hydrogens is 608 g/mol. The highest BCUT2D eigenvalue weighted by atomic mass is 16.5. The third kappa shape index (κ3) is 6.25. The number of nitrogens with zero attached hydrogens (tertiary/aromatic N) is 2. The molecule has 1 aliphatic rings. The lowest BCUT2D eigenvalue weighted by molar-refractivity contribution is -0.138. The van der Waals surface area contributed by atoms with E-state index in [0.29, 0.717) is 63.1 Å². The molecule has 1 aliphatic heterocycles. The van der Waals surface area contributed by atoms with Crippen LogP contribution in [0.4, 0.5) is 0 Å². The Labute approximate surface area is 271 Å². The molecule has 0 bridgehead atoms. The summed E-state index contributed by atoms with van der Waals surface area (Å²) in [6, 6.07) is 3.74. The van der Waals surface area contributed by atoms with E-state index in [9.17, 15) is 40.2 Å². The number of H-pyrrole nitrogens is 1. The van der Waals surface area contributed by atoms with Crippen LogP contribution in [0.2, 0.25) is 0 Å². The van der Waals surface area contributed by atoms with Crippen molar-refractivity contribution in [3.05, 3.63) is 52.4 Å². The molecule has 8 N–H and O–H groups in total. The molecule has 13 nitrogen and oxygen atoms in total. The van der Waals surface area contributed by atoms with Crippen molar-refractivity contribution in [3.8, 4) is 5.75 Å². The lowest BCUT2D eigenvalue weighted by Gasteiger charge is -2.34. The summed E-state index contributed by atoms with van der Waals surface area (Å²) in [6.45, 7) is 2.47. The van der Waals surface area contributed by atoms with Gasteiger partial charge < -0.3 is 44.9 Å². The topological polar surface area (TPSA) is 201 Å². The number of hydrazine groups is 1. The van der Waals surface area contributed by atoms with Crippen LogP contribution < -0.4 is 5.43 Å². The fourth-order valence-electron chi connectivity index (χ4n) is 6.53. The van der Waals surface area contributed by atoms with E-state index in [4.69, 9.17) is 4.74 Å². The molecule has 2 aromatic heterocycles. The quantitative estimate of drug-likeness (QED) is 0.0638. The summed E-state index contributed by atoms with van der Waals surface area (Å²) < 4.78 is 8.04. The molecule has 13 heteroatoms. The second-order valence-corrected chi connectivity index (χ2v) is 11.9. The summed E-state index contributed by atoms with van der Waals surface area (Å²) in [5, 5.41) is 63.9. The largest absolute Gasteiger partial charge is 0.512 e. The Morgan fingerprint density at radius 3 is 2.57 bits per heavy atom. The summed E-state index contributed by atoms with van der Waals surface area (Å²) >= 11 is 0. The number of hydrogen-bond acceptors (Lipinski definition) is 10. The molecule has 4 aromatic rings. The van der Waals surface area contributed by atoms with Gasteiger partial charge in [-0.1, -0.05) is 19.1 Å². The van der Waals surface area contributed by atoms with Gasteiger partial charge >= 0.3 is 0 Å². The molecule has 0 radical (unpaired) electrons. The van der Waals surface area contributed by atoms with E-state index in [0.717, 1.165) is 5.01 Å². The fraction of sp³-hybridized carbons (Fsp3) is 0.412. The number of benzene rings is 2. The number of hydrogen-bond donors (Lipinski definition) is 8. The van der Waals surface area contributed by atoms with Crippen LogP contribution in [0.5, 0.6) is 5.75 Å². The van der Waals surface area contributed by atoms with Crippen LogP contribution >= 0.6 is 0 Å². The number of aromatic nitrogens is 2. The fourth-order valence-corrected chi connectivity index (χ4v) is 6.53. The predicted octanol–water partition coefficient (Wildman–Crippen LogP) is 3.49. The minimum Gasteiger partial charge on any atom is -0.512 e. The molecule has 3 heterocycles. The maximum absolute atomic E-state index is 14.4. The molecule has 3 unspecified atom stereocenters. The number of aromatic amines is 1. The first-order chi connectivity index (χ1) is 22.6. The first-order valence-corrected chi connectivity index (χ1v) is 15.7. The zero-order valence-electron chi connectivity index (χ0n) is 26.6. The average molecular weight is 651 g/mol. The van der Waals surface area contributed by atoms with Gasteiger partial charge in [0.05, 0.1) is 65.9 Å². The number of aliphatic hydroxyl groups excluding tert-OH is 5. The number of carbonyl (C=O) groups is 2. The van der Waals surface area contributed by atoms with Crippen LogP contribution in [0, 0.1) is 0 Å². The van der Waals surface area contributed by atoms with E-state index in [1.807, 2.05) is 6.92 Å². The Hall–Kier alpha value is -4.24. The molecule has 47 heavy (non-hydrogen) atoms. The molecule has 252 valence electrons. The molecule has 1 saturated heterocycles. The number of aldehydes is 1. The molecule has 3 atom stereocenters. The van der Waals surface area contributed by atoms with Crippen molar-refractivity contribution in [1.29, 1.82) is 0 Å². The molecular formula is C34H42N4O9. The van der Waals surface area contributed by atoms with E-state index in [-0.39, 0.29) is 42.1 Å². The van der Waals surface area contributed by atoms with E-state index in [1.165, 1.54) is 19.2 Å². The Kier molecular flexibility index (Phi) is 10.3. The zero-order valence-corrected chi connectivity index (χ0v) is 26.6. The van der Waals surface area contributed by atoms with Crippen LogP contribution in [0.3, 0.4) is 0 Å². The summed E-state index contributed by atoms with van der Waals surface area (Å²) in [6.07, 6.45) is 4.83. The number of allylic oxidation sites excluding steroid dienone is 2. The smallest absolute Gasteiger partial charge is 0.269 e. The van der Waals surface area contributed by atoms with Crippen LogP contribution in [-0.4, -0.2) is 103 Å². The number of phenols is 1. The van der Waals surface area contributed by atoms with Crippen molar-refractivity contribution in [2.45, 2.75) is 64.0 Å². The Morgan fingerprint density at radius 2 is 1.94 bits per heavy atom. The SMILES string of the molecule is C/C=C\c1c(/C=C(/O)CCC)[nH]c2c1c(C=O)c(C(=O)N(C)NC(CO)CO)c1c3ccc(O)cc3n(C3CC(O)CC(CO)O3)c21. The van der Waals surface area contributed by atoms with Gasteiger partial charge in [-0.15, -0.1) is 0 Å². The Bertz CT molecular complexity index is 1850. The molecule has 0 spiro atoms. The number of ether oxygens (including phenoxy) is 1. The second-order valence-electron chi connectivity index (χ2n) is 11.9. The molecule has 1 fully saturated rings. The predicted molar refractivity (Wildman–Crippen MR) is 178 cm³/mol. The maximum Gasteiger partial charge on any atom is 0.269 e. The van der Waals surface area contributed by atoms with E-state index < -0.39 is 43.6 Å². The molecule has 5 rings (SSSR count). The Balaban J connectivity index is 2.00. The van der Waals surface area contributed by atoms with Crippen LogP contribution in [0.25, 0.3) is 44.9 Å². The lowest BCUT2D eigenvalue weighted by Crippen LogP contribution is -2.49. The molecule has 2 aromatic carbocycles. The number of rotatable bonds is 12. The van der Waals surface area contributed by atoms with Gasteiger partial charge in [0.15, 0.2) is 6.29 Å². The van der Waals surface area contributed by atoms with E-state index in [2.05, 4.69) is 10.4 Å². The monoisotopic (exact) mass is 650 g/mol. The van der Waals surface area contributed by atoms with Gasteiger partial charge in [-0.3, -0.25) is 14.6 Å². The van der Waals surface area contributed by atoms with Gasteiger partial charge in [0.1, 0.15) is 12.0 Å². The van der Waals surface area contributed by atoms with Crippen molar-refractivity contribution < 1.29 is 45.0 Å². The number of aliphatic hydroxyl groups is 5. The number of carbonyl (C=O) groups excluding carboxylic acids is 2. The van der Waals surface area contributed by atoms with Crippen LogP contribution in [0.1, 0.15) is 77.7 Å². The van der Waals surface area contributed by atoms with Crippen molar-refractivity contribution in [2.75, 3.05) is 26.9 Å². The molecule has 1 amide bonds. The van der Waals surface area contributed by atoms with Crippen molar-refractivity contribution >= 4 is 57.1 Å². The first kappa shape index (κ1) is 34.1. The summed E-state index contributed by atoms with van der Waals surface area (Å²) in [4.78, 5) is 31.0. The van der Waals surface area contributed by atoms with Gasteiger partial charge in [0.2, 0.25) is 0 Å². The Morgan fingerprint density at radius 1 is 1.19 bits per heavy atom. The van der Waals surface area contributed by atoms with Gasteiger partial charge in [0.25, 0.3) is 5.91 Å². The number of phenolic OH excluding ortho intramolecular Hbond substituents is 1. The van der Waals surface area contributed by atoms with Gasteiger partial charge in [-0.05, 0) is 31.6 Å². The normalized spacial score (nSPS) is 19.1. The highest BCUT2D eigenvalue weighted by Gasteiger charge is 2.35. The van der Waals surface area contributed by atoms with Crippen molar-refractivity contribution in [1.82, 2.24) is 20.0 Å². The lowest BCUT2D eigenvalue weighted by atomic mass is 9.94.